The van der Waals surface area contributed by atoms with Gasteiger partial charge in [-0.3, -0.25) is 4.79 Å². The van der Waals surface area contributed by atoms with Crippen molar-refractivity contribution < 1.29 is 9.59 Å². The fourth-order valence-electron chi connectivity index (χ4n) is 2.71. The molecular weight excluding hydrogens is 290 g/mol. The van der Waals surface area contributed by atoms with Crippen molar-refractivity contribution in [3.8, 4) is 0 Å². The Balaban J connectivity index is 1.62. The zero-order chi connectivity index (χ0) is 16.3. The van der Waals surface area contributed by atoms with Crippen molar-refractivity contribution in [3.63, 3.8) is 0 Å². The van der Waals surface area contributed by atoms with Crippen molar-refractivity contribution >= 4 is 17.6 Å². The van der Waals surface area contributed by atoms with E-state index in [1.165, 1.54) is 0 Å². The molecule has 1 fully saturated rings. The Morgan fingerprint density at radius 3 is 2.22 bits per heavy atom. The number of hydrogen-bond acceptors (Lipinski definition) is 2. The third-order valence-electron chi connectivity index (χ3n) is 4.04. The van der Waals surface area contributed by atoms with Gasteiger partial charge in [-0.15, -0.1) is 0 Å². The van der Waals surface area contributed by atoms with E-state index in [9.17, 15) is 9.59 Å². The summed E-state index contributed by atoms with van der Waals surface area (Å²) in [5.41, 5.74) is 7.62. The van der Waals surface area contributed by atoms with Crippen molar-refractivity contribution in [2.75, 3.05) is 5.32 Å². The number of rotatable bonds is 5. The Labute approximate surface area is 134 Å². The Morgan fingerprint density at radius 1 is 1.00 bits per heavy atom. The molecule has 0 unspecified atom stereocenters. The summed E-state index contributed by atoms with van der Waals surface area (Å²) in [5, 5.41) is 5.67. The predicted octanol–water partition coefficient (Wildman–Crippen LogP) is 2.53. The molecule has 2 aromatic rings. The van der Waals surface area contributed by atoms with Crippen LogP contribution in [-0.4, -0.2) is 11.9 Å². The average Bonchev–Trinajstić information content (AvgIpc) is 3.28. The molecule has 1 saturated carbocycles. The van der Waals surface area contributed by atoms with Gasteiger partial charge >= 0.3 is 6.03 Å². The number of anilines is 1. The molecule has 0 radical (unpaired) electrons. The van der Waals surface area contributed by atoms with Crippen molar-refractivity contribution in [2.24, 2.45) is 5.73 Å². The molecule has 1 aliphatic rings. The molecule has 1 aliphatic carbocycles. The van der Waals surface area contributed by atoms with E-state index in [1.54, 1.807) is 0 Å². The van der Waals surface area contributed by atoms with Crippen LogP contribution in [-0.2, 0) is 16.8 Å². The Bertz CT molecular complexity index is 707. The molecule has 3 rings (SSSR count). The lowest BCUT2D eigenvalue weighted by molar-refractivity contribution is -0.115. The summed E-state index contributed by atoms with van der Waals surface area (Å²) in [7, 11) is 0. The smallest absolute Gasteiger partial charge is 0.312 e. The number of primary amides is 1. The Morgan fingerprint density at radius 2 is 1.65 bits per heavy atom. The first kappa shape index (κ1) is 15.1. The molecule has 0 spiro atoms. The molecule has 0 aromatic heterocycles. The zero-order valence-corrected chi connectivity index (χ0v) is 12.7. The third-order valence-corrected chi connectivity index (χ3v) is 4.04. The molecule has 4 N–H and O–H groups in total. The van der Waals surface area contributed by atoms with Crippen molar-refractivity contribution in [1.29, 1.82) is 0 Å². The molecule has 5 nitrogen and oxygen atoms in total. The second-order valence-corrected chi connectivity index (χ2v) is 5.86. The number of carbonyl (C=O) groups excluding carboxylic acids is 2. The topological polar surface area (TPSA) is 84.2 Å². The van der Waals surface area contributed by atoms with Crippen LogP contribution in [0.2, 0.25) is 0 Å². The van der Waals surface area contributed by atoms with Crippen LogP contribution < -0.4 is 16.4 Å². The summed E-state index contributed by atoms with van der Waals surface area (Å²) in [6.45, 7) is 0. The van der Waals surface area contributed by atoms with Gasteiger partial charge in [0.25, 0.3) is 0 Å². The van der Waals surface area contributed by atoms with Gasteiger partial charge in [-0.25, -0.2) is 4.79 Å². The molecule has 2 aromatic carbocycles. The summed E-state index contributed by atoms with van der Waals surface area (Å²) in [6.07, 6.45) is 2.11. The first-order valence-corrected chi connectivity index (χ1v) is 7.59. The first-order chi connectivity index (χ1) is 11.1. The van der Waals surface area contributed by atoms with Gasteiger partial charge in [0.2, 0.25) is 5.91 Å². The van der Waals surface area contributed by atoms with Gasteiger partial charge in [-0.2, -0.15) is 0 Å². The molecular formula is C18H19N3O2. The number of benzene rings is 2. The van der Waals surface area contributed by atoms with Crippen LogP contribution >= 0.6 is 0 Å². The van der Waals surface area contributed by atoms with Crippen molar-refractivity contribution in [2.45, 2.75) is 24.8 Å². The summed E-state index contributed by atoms with van der Waals surface area (Å²) < 4.78 is 0. The third kappa shape index (κ3) is 3.69. The average molecular weight is 309 g/mol. The van der Waals surface area contributed by atoms with Gasteiger partial charge < -0.3 is 16.4 Å². The maximum atomic E-state index is 12.0. The van der Waals surface area contributed by atoms with Gasteiger partial charge in [0.05, 0.1) is 12.0 Å². The van der Waals surface area contributed by atoms with E-state index in [1.807, 2.05) is 54.6 Å². The molecule has 0 heterocycles. The highest BCUT2D eigenvalue weighted by Crippen LogP contribution is 2.45. The normalized spacial score (nSPS) is 14.8. The highest BCUT2D eigenvalue weighted by atomic mass is 16.2. The highest BCUT2D eigenvalue weighted by molar-refractivity contribution is 5.92. The van der Waals surface area contributed by atoms with E-state index in [-0.39, 0.29) is 11.4 Å². The van der Waals surface area contributed by atoms with Crippen molar-refractivity contribution in [3.05, 3.63) is 65.7 Å². The number of carbonyl (C=O) groups is 2. The lowest BCUT2D eigenvalue weighted by Gasteiger charge is -2.16. The van der Waals surface area contributed by atoms with Crippen LogP contribution in [0.15, 0.2) is 54.6 Å². The molecule has 0 atom stereocenters. The van der Waals surface area contributed by atoms with Gasteiger partial charge in [0.1, 0.15) is 0 Å². The molecule has 0 saturated heterocycles. The molecule has 23 heavy (non-hydrogen) atoms. The molecule has 5 heteroatoms. The summed E-state index contributed by atoms with van der Waals surface area (Å²) in [6, 6.07) is 16.6. The van der Waals surface area contributed by atoms with Crippen LogP contribution in [0.3, 0.4) is 0 Å². The monoisotopic (exact) mass is 309 g/mol. The van der Waals surface area contributed by atoms with Gasteiger partial charge in [-0.05, 0) is 36.1 Å². The quantitative estimate of drug-likeness (QED) is 0.793. The van der Waals surface area contributed by atoms with E-state index in [4.69, 9.17) is 5.73 Å². The zero-order valence-electron chi connectivity index (χ0n) is 12.7. The van der Waals surface area contributed by atoms with Crippen LogP contribution in [0, 0.1) is 0 Å². The number of nitrogens with two attached hydrogens (primary N) is 1. The Kier molecular flexibility index (Phi) is 4.02. The number of urea groups is 1. The highest BCUT2D eigenvalue weighted by Gasteiger charge is 2.45. The van der Waals surface area contributed by atoms with E-state index in [2.05, 4.69) is 10.6 Å². The second-order valence-electron chi connectivity index (χ2n) is 5.86. The fraction of sp³-hybridized carbons (Fsp3) is 0.222. The molecule has 0 bridgehead atoms. The number of hydrogen-bond donors (Lipinski definition) is 3. The van der Waals surface area contributed by atoms with Crippen LogP contribution in [0.4, 0.5) is 10.5 Å². The minimum Gasteiger partial charge on any atom is -0.352 e. The van der Waals surface area contributed by atoms with Gasteiger partial charge in [0, 0.05) is 5.69 Å². The van der Waals surface area contributed by atoms with Crippen LogP contribution in [0.25, 0.3) is 0 Å². The minimum absolute atomic E-state index is 0.0552. The van der Waals surface area contributed by atoms with E-state index in [0.717, 1.165) is 29.7 Å². The maximum absolute atomic E-state index is 12.0. The summed E-state index contributed by atoms with van der Waals surface area (Å²) >= 11 is 0. The van der Waals surface area contributed by atoms with Gasteiger partial charge in [0.15, 0.2) is 0 Å². The minimum atomic E-state index is -0.511. The van der Waals surface area contributed by atoms with E-state index >= 15 is 0 Å². The number of amides is 3. The SMILES string of the molecule is NC(=O)NC1(c2ccc(NC(=O)Cc3ccccc3)cc2)CC1. The van der Waals surface area contributed by atoms with E-state index < -0.39 is 6.03 Å². The number of nitrogens with one attached hydrogen (secondary N) is 2. The molecule has 118 valence electrons. The van der Waals surface area contributed by atoms with E-state index in [0.29, 0.717) is 6.42 Å². The molecule has 0 aliphatic heterocycles. The van der Waals surface area contributed by atoms with Crippen LogP contribution in [0.5, 0.6) is 0 Å². The maximum Gasteiger partial charge on any atom is 0.312 e. The lowest BCUT2D eigenvalue weighted by Crippen LogP contribution is -2.38. The molecule has 3 amide bonds. The standard InChI is InChI=1S/C18H19N3O2/c19-17(23)21-18(10-11-18)14-6-8-15(9-7-14)20-16(22)12-13-4-2-1-3-5-13/h1-9H,10-12H2,(H,20,22)(H3,19,21,23). The van der Waals surface area contributed by atoms with Crippen LogP contribution in [0.1, 0.15) is 24.0 Å². The summed E-state index contributed by atoms with van der Waals surface area (Å²) in [4.78, 5) is 23.1. The largest absolute Gasteiger partial charge is 0.352 e. The first-order valence-electron chi connectivity index (χ1n) is 7.59. The van der Waals surface area contributed by atoms with Crippen molar-refractivity contribution in [1.82, 2.24) is 5.32 Å². The predicted molar refractivity (Wildman–Crippen MR) is 88.8 cm³/mol. The Hall–Kier alpha value is -2.82. The summed E-state index contributed by atoms with van der Waals surface area (Å²) in [5.74, 6) is -0.0552. The van der Waals surface area contributed by atoms with Gasteiger partial charge in [-0.1, -0.05) is 42.5 Å². The second kappa shape index (κ2) is 6.12. The lowest BCUT2D eigenvalue weighted by atomic mass is 10.0. The fourth-order valence-corrected chi connectivity index (χ4v) is 2.71.